The Kier molecular flexibility index (Phi) is 2.89. The molecule has 0 unspecified atom stereocenters. The van der Waals surface area contributed by atoms with Gasteiger partial charge in [0, 0.05) is 5.41 Å². The Labute approximate surface area is 74.0 Å². The molecule has 1 N–H and O–H groups in total. The van der Waals surface area contributed by atoms with E-state index >= 15 is 0 Å². The number of aliphatic hydroxyl groups excluding tert-OH is 1. The largest absolute Gasteiger partial charge is 0.393 e. The summed E-state index contributed by atoms with van der Waals surface area (Å²) < 4.78 is 0. The van der Waals surface area contributed by atoms with Crippen molar-refractivity contribution in [3.05, 3.63) is 0 Å². The molecule has 0 atom stereocenters. The molecule has 12 heavy (non-hydrogen) atoms. The van der Waals surface area contributed by atoms with E-state index in [0.717, 1.165) is 32.1 Å². The molecule has 0 aliphatic heterocycles. The van der Waals surface area contributed by atoms with Crippen LogP contribution in [0, 0.1) is 5.41 Å². The van der Waals surface area contributed by atoms with Crippen LogP contribution in [0.15, 0.2) is 0 Å². The summed E-state index contributed by atoms with van der Waals surface area (Å²) in [5.41, 5.74) is -0.0980. The maximum absolute atomic E-state index is 11.4. The van der Waals surface area contributed by atoms with Gasteiger partial charge in [0.2, 0.25) is 0 Å². The number of rotatable bonds is 2. The lowest BCUT2D eigenvalue weighted by molar-refractivity contribution is -0.129. The van der Waals surface area contributed by atoms with Crippen LogP contribution in [-0.4, -0.2) is 17.0 Å². The van der Waals surface area contributed by atoms with Gasteiger partial charge >= 0.3 is 0 Å². The highest BCUT2D eigenvalue weighted by Gasteiger charge is 2.36. The first-order valence-corrected chi connectivity index (χ1v) is 4.80. The summed E-state index contributed by atoms with van der Waals surface area (Å²) in [5, 5.41) is 9.31. The van der Waals surface area contributed by atoms with E-state index in [0.29, 0.717) is 5.78 Å². The molecule has 0 amide bonds. The second kappa shape index (κ2) is 3.56. The van der Waals surface area contributed by atoms with Gasteiger partial charge in [0.25, 0.3) is 0 Å². The zero-order valence-electron chi connectivity index (χ0n) is 7.97. The van der Waals surface area contributed by atoms with Crippen LogP contribution < -0.4 is 0 Å². The van der Waals surface area contributed by atoms with Crippen molar-refractivity contribution in [3.8, 4) is 0 Å². The fourth-order valence-corrected chi connectivity index (χ4v) is 2.11. The van der Waals surface area contributed by atoms with Gasteiger partial charge in [-0.2, -0.15) is 0 Å². The maximum Gasteiger partial charge on any atom is 0.135 e. The second-order valence-corrected chi connectivity index (χ2v) is 3.92. The minimum atomic E-state index is -0.163. The molecule has 2 heteroatoms. The van der Waals surface area contributed by atoms with Crippen LogP contribution in [0.2, 0.25) is 0 Å². The fraction of sp³-hybridized carbons (Fsp3) is 0.900. The van der Waals surface area contributed by atoms with Gasteiger partial charge in [-0.15, -0.1) is 0 Å². The van der Waals surface area contributed by atoms with E-state index in [4.69, 9.17) is 0 Å². The van der Waals surface area contributed by atoms with Crippen molar-refractivity contribution < 1.29 is 9.90 Å². The molecule has 0 bridgehead atoms. The Hall–Kier alpha value is -0.370. The minimum absolute atomic E-state index is 0.0980. The first-order chi connectivity index (χ1) is 5.60. The van der Waals surface area contributed by atoms with E-state index in [9.17, 15) is 9.90 Å². The number of hydrogen-bond acceptors (Lipinski definition) is 2. The third-order valence-electron chi connectivity index (χ3n) is 3.34. The minimum Gasteiger partial charge on any atom is -0.393 e. The average Bonchev–Trinajstić information content (AvgIpc) is 2.06. The lowest BCUT2D eigenvalue weighted by Gasteiger charge is -2.35. The normalized spacial score (nSPS) is 36.4. The van der Waals surface area contributed by atoms with E-state index in [2.05, 4.69) is 6.92 Å². The average molecular weight is 170 g/mol. The van der Waals surface area contributed by atoms with Crippen LogP contribution in [0.1, 0.15) is 46.0 Å². The van der Waals surface area contributed by atoms with E-state index in [-0.39, 0.29) is 11.5 Å². The molecule has 70 valence electrons. The number of hydrogen-bond donors (Lipinski definition) is 1. The smallest absolute Gasteiger partial charge is 0.135 e. The van der Waals surface area contributed by atoms with E-state index in [1.165, 1.54) is 0 Å². The molecule has 1 aliphatic carbocycles. The monoisotopic (exact) mass is 170 g/mol. The number of ketones is 1. The Morgan fingerprint density at radius 1 is 1.50 bits per heavy atom. The standard InChI is InChI=1S/C10H18O2/c1-3-10(8(2)11)6-4-9(12)5-7-10/h9,12H,3-7H2,1-2H3. The maximum atomic E-state index is 11.4. The third kappa shape index (κ3) is 1.69. The number of Topliss-reactive ketones (excluding diaryl/α,β-unsaturated/α-hetero) is 1. The topological polar surface area (TPSA) is 37.3 Å². The predicted octanol–water partition coefficient (Wildman–Crippen LogP) is 1.91. The first-order valence-electron chi connectivity index (χ1n) is 4.80. The van der Waals surface area contributed by atoms with Crippen LogP contribution in [-0.2, 0) is 4.79 Å². The molecular formula is C10H18O2. The number of carbonyl (C=O) groups excluding carboxylic acids is 1. The van der Waals surface area contributed by atoms with Crippen LogP contribution in [0.25, 0.3) is 0 Å². The lowest BCUT2D eigenvalue weighted by Crippen LogP contribution is -2.34. The van der Waals surface area contributed by atoms with Crippen molar-refractivity contribution in [2.75, 3.05) is 0 Å². The molecular weight excluding hydrogens is 152 g/mol. The molecule has 0 aromatic carbocycles. The molecule has 1 saturated carbocycles. The SMILES string of the molecule is CCC1(C(C)=O)CCC(O)CC1. The zero-order chi connectivity index (χ0) is 9.19. The summed E-state index contributed by atoms with van der Waals surface area (Å²) in [6.45, 7) is 3.75. The second-order valence-electron chi connectivity index (χ2n) is 3.92. The zero-order valence-corrected chi connectivity index (χ0v) is 7.97. The van der Waals surface area contributed by atoms with Crippen molar-refractivity contribution >= 4 is 5.78 Å². The molecule has 0 aromatic rings. The van der Waals surface area contributed by atoms with Gasteiger partial charge < -0.3 is 5.11 Å². The van der Waals surface area contributed by atoms with E-state index < -0.39 is 0 Å². The van der Waals surface area contributed by atoms with Gasteiger partial charge in [0.1, 0.15) is 5.78 Å². The molecule has 2 nitrogen and oxygen atoms in total. The fourth-order valence-electron chi connectivity index (χ4n) is 2.11. The highest BCUT2D eigenvalue weighted by atomic mass is 16.3. The number of aliphatic hydroxyl groups is 1. The summed E-state index contributed by atoms with van der Waals surface area (Å²) in [5.74, 6) is 0.303. The summed E-state index contributed by atoms with van der Waals surface area (Å²) in [7, 11) is 0. The van der Waals surface area contributed by atoms with Crippen LogP contribution in [0.3, 0.4) is 0 Å². The van der Waals surface area contributed by atoms with Gasteiger partial charge in [0.05, 0.1) is 6.10 Å². The number of carbonyl (C=O) groups is 1. The Morgan fingerprint density at radius 3 is 2.33 bits per heavy atom. The van der Waals surface area contributed by atoms with E-state index in [1.807, 2.05) is 0 Å². The van der Waals surface area contributed by atoms with Gasteiger partial charge in [-0.05, 0) is 39.0 Å². The van der Waals surface area contributed by atoms with Crippen molar-refractivity contribution in [2.24, 2.45) is 5.41 Å². The summed E-state index contributed by atoms with van der Waals surface area (Å²) >= 11 is 0. The Morgan fingerprint density at radius 2 is 2.00 bits per heavy atom. The molecule has 0 heterocycles. The molecule has 1 rings (SSSR count). The molecule has 0 aromatic heterocycles. The molecule has 0 radical (unpaired) electrons. The van der Waals surface area contributed by atoms with Crippen molar-refractivity contribution in [2.45, 2.75) is 52.1 Å². The van der Waals surface area contributed by atoms with Crippen LogP contribution >= 0.6 is 0 Å². The summed E-state index contributed by atoms with van der Waals surface area (Å²) in [6.07, 6.45) is 4.11. The van der Waals surface area contributed by atoms with Crippen molar-refractivity contribution in [1.29, 1.82) is 0 Å². The first kappa shape index (κ1) is 9.72. The van der Waals surface area contributed by atoms with Gasteiger partial charge in [-0.3, -0.25) is 4.79 Å². The van der Waals surface area contributed by atoms with Gasteiger partial charge in [0.15, 0.2) is 0 Å². The third-order valence-corrected chi connectivity index (χ3v) is 3.34. The summed E-state index contributed by atoms with van der Waals surface area (Å²) in [4.78, 5) is 11.4. The Balaban J connectivity index is 2.63. The highest BCUT2D eigenvalue weighted by molar-refractivity contribution is 5.82. The summed E-state index contributed by atoms with van der Waals surface area (Å²) in [6, 6.07) is 0. The lowest BCUT2D eigenvalue weighted by atomic mass is 9.69. The Bertz CT molecular complexity index is 167. The van der Waals surface area contributed by atoms with Crippen LogP contribution in [0.4, 0.5) is 0 Å². The quantitative estimate of drug-likeness (QED) is 0.687. The molecule has 0 saturated heterocycles. The van der Waals surface area contributed by atoms with Gasteiger partial charge in [-0.25, -0.2) is 0 Å². The van der Waals surface area contributed by atoms with Crippen molar-refractivity contribution in [1.82, 2.24) is 0 Å². The van der Waals surface area contributed by atoms with Crippen molar-refractivity contribution in [3.63, 3.8) is 0 Å². The molecule has 0 spiro atoms. The molecule has 1 fully saturated rings. The highest BCUT2D eigenvalue weighted by Crippen LogP contribution is 2.39. The molecule has 1 aliphatic rings. The van der Waals surface area contributed by atoms with Crippen LogP contribution in [0.5, 0.6) is 0 Å². The van der Waals surface area contributed by atoms with E-state index in [1.54, 1.807) is 6.92 Å². The van der Waals surface area contributed by atoms with Gasteiger partial charge in [-0.1, -0.05) is 6.92 Å². The predicted molar refractivity (Wildman–Crippen MR) is 47.9 cm³/mol.